The molecule has 0 radical (unpaired) electrons. The van der Waals surface area contributed by atoms with Gasteiger partial charge in [-0.15, -0.1) is 0 Å². The molecule has 1 aliphatic rings. The number of ether oxygens (including phenoxy) is 1. The summed E-state index contributed by atoms with van der Waals surface area (Å²) in [6, 6.07) is 12.3. The number of hydrogen-bond donors (Lipinski definition) is 1. The van der Waals surface area contributed by atoms with Crippen molar-refractivity contribution in [3.8, 4) is 5.75 Å². The monoisotopic (exact) mass is 360 g/mol. The molecule has 0 saturated heterocycles. The zero-order valence-electron chi connectivity index (χ0n) is 14.2. The number of rotatable bonds is 4. The van der Waals surface area contributed by atoms with Crippen LogP contribution in [-0.2, 0) is 16.4 Å². The first-order chi connectivity index (χ1) is 11.9. The SMILES string of the molecule is COc1ccccc1NC(=O)c1ccc2c(c1)CCCN2S(C)(=O)=O. The van der Waals surface area contributed by atoms with E-state index in [0.717, 1.165) is 18.4 Å². The molecular weight excluding hydrogens is 340 g/mol. The van der Waals surface area contributed by atoms with E-state index in [2.05, 4.69) is 5.32 Å². The molecular formula is C18H20N2O4S. The predicted octanol–water partition coefficient (Wildman–Crippen LogP) is 2.66. The third kappa shape index (κ3) is 3.61. The van der Waals surface area contributed by atoms with E-state index in [0.29, 0.717) is 29.2 Å². The van der Waals surface area contributed by atoms with Gasteiger partial charge < -0.3 is 10.1 Å². The smallest absolute Gasteiger partial charge is 0.255 e. The average Bonchev–Trinajstić information content (AvgIpc) is 2.60. The van der Waals surface area contributed by atoms with Gasteiger partial charge in [0.1, 0.15) is 5.75 Å². The summed E-state index contributed by atoms with van der Waals surface area (Å²) in [7, 11) is -1.77. The molecule has 1 aliphatic heterocycles. The summed E-state index contributed by atoms with van der Waals surface area (Å²) in [5.41, 5.74) is 2.59. The van der Waals surface area contributed by atoms with Crippen LogP contribution in [0.1, 0.15) is 22.3 Å². The second-order valence-electron chi connectivity index (χ2n) is 5.94. The van der Waals surface area contributed by atoms with Gasteiger partial charge in [0.2, 0.25) is 10.0 Å². The summed E-state index contributed by atoms with van der Waals surface area (Å²) in [6.45, 7) is 0.471. The fraction of sp³-hybridized carbons (Fsp3) is 0.278. The van der Waals surface area contributed by atoms with Crippen LogP contribution in [0, 0.1) is 0 Å². The largest absolute Gasteiger partial charge is 0.495 e. The summed E-state index contributed by atoms with van der Waals surface area (Å²) in [5, 5.41) is 2.83. The van der Waals surface area contributed by atoms with Crippen LogP contribution < -0.4 is 14.4 Å². The van der Waals surface area contributed by atoms with Crippen LogP contribution in [0.4, 0.5) is 11.4 Å². The second kappa shape index (κ2) is 6.76. The van der Waals surface area contributed by atoms with Gasteiger partial charge in [0.25, 0.3) is 5.91 Å². The average molecular weight is 360 g/mol. The molecule has 132 valence electrons. The van der Waals surface area contributed by atoms with Crippen molar-refractivity contribution < 1.29 is 17.9 Å². The van der Waals surface area contributed by atoms with E-state index in [1.54, 1.807) is 37.4 Å². The number of carbonyl (C=O) groups is 1. The van der Waals surface area contributed by atoms with Crippen molar-refractivity contribution in [3.63, 3.8) is 0 Å². The Labute approximate surface area is 147 Å². The van der Waals surface area contributed by atoms with Crippen molar-refractivity contribution >= 4 is 27.3 Å². The Bertz CT molecular complexity index is 909. The van der Waals surface area contributed by atoms with Gasteiger partial charge in [-0.05, 0) is 48.7 Å². The molecule has 6 nitrogen and oxygen atoms in total. The van der Waals surface area contributed by atoms with Gasteiger partial charge in [-0.2, -0.15) is 0 Å². The van der Waals surface area contributed by atoms with Crippen LogP contribution in [-0.4, -0.2) is 34.2 Å². The van der Waals surface area contributed by atoms with Crippen molar-refractivity contribution in [2.45, 2.75) is 12.8 Å². The highest BCUT2D eigenvalue weighted by Gasteiger charge is 2.24. The maximum atomic E-state index is 12.5. The number of amides is 1. The van der Waals surface area contributed by atoms with E-state index < -0.39 is 10.0 Å². The first-order valence-electron chi connectivity index (χ1n) is 7.95. The van der Waals surface area contributed by atoms with Gasteiger partial charge in [0.05, 0.1) is 24.7 Å². The van der Waals surface area contributed by atoms with Crippen LogP contribution in [0.2, 0.25) is 0 Å². The van der Waals surface area contributed by atoms with Crippen LogP contribution in [0.3, 0.4) is 0 Å². The Morgan fingerprint density at radius 1 is 1.20 bits per heavy atom. The number of carbonyl (C=O) groups excluding carboxylic acids is 1. The Kier molecular flexibility index (Phi) is 4.67. The highest BCUT2D eigenvalue weighted by atomic mass is 32.2. The first kappa shape index (κ1) is 17.3. The maximum absolute atomic E-state index is 12.5. The molecule has 0 aromatic heterocycles. The highest BCUT2D eigenvalue weighted by molar-refractivity contribution is 7.92. The molecule has 0 fully saturated rings. The summed E-state index contributed by atoms with van der Waals surface area (Å²) < 4.78 is 30.5. The lowest BCUT2D eigenvalue weighted by Crippen LogP contribution is -2.34. The summed E-state index contributed by atoms with van der Waals surface area (Å²) >= 11 is 0. The topological polar surface area (TPSA) is 75.7 Å². The van der Waals surface area contributed by atoms with E-state index >= 15 is 0 Å². The van der Waals surface area contributed by atoms with E-state index in [1.165, 1.54) is 10.6 Å². The molecule has 1 N–H and O–H groups in total. The Balaban J connectivity index is 1.88. The standard InChI is InChI=1S/C18H20N2O4S/c1-24-17-8-4-3-7-15(17)19-18(21)14-9-10-16-13(12-14)6-5-11-20(16)25(2,22)23/h3-4,7-10,12H,5-6,11H2,1-2H3,(H,19,21). The van der Waals surface area contributed by atoms with Crippen molar-refractivity contribution in [3.05, 3.63) is 53.6 Å². The summed E-state index contributed by atoms with van der Waals surface area (Å²) in [4.78, 5) is 12.5. The zero-order chi connectivity index (χ0) is 18.0. The molecule has 0 bridgehead atoms. The highest BCUT2D eigenvalue weighted by Crippen LogP contribution is 2.30. The number of nitrogens with one attached hydrogen (secondary N) is 1. The molecule has 0 unspecified atom stereocenters. The number of nitrogens with zero attached hydrogens (tertiary/aromatic N) is 1. The predicted molar refractivity (Wildman–Crippen MR) is 97.9 cm³/mol. The third-order valence-corrected chi connectivity index (χ3v) is 5.35. The van der Waals surface area contributed by atoms with Gasteiger partial charge in [0, 0.05) is 12.1 Å². The normalized spacial score (nSPS) is 13.9. The number of anilines is 2. The Hall–Kier alpha value is -2.54. The fourth-order valence-electron chi connectivity index (χ4n) is 2.99. The molecule has 1 heterocycles. The second-order valence-corrected chi connectivity index (χ2v) is 7.84. The van der Waals surface area contributed by atoms with Crippen molar-refractivity contribution in [2.24, 2.45) is 0 Å². The molecule has 1 amide bonds. The number of para-hydroxylation sites is 2. The van der Waals surface area contributed by atoms with Gasteiger partial charge >= 0.3 is 0 Å². The van der Waals surface area contributed by atoms with Gasteiger partial charge in [-0.1, -0.05) is 12.1 Å². The lowest BCUT2D eigenvalue weighted by Gasteiger charge is -2.29. The van der Waals surface area contributed by atoms with Crippen LogP contribution in [0.15, 0.2) is 42.5 Å². The number of sulfonamides is 1. The van der Waals surface area contributed by atoms with Crippen LogP contribution in [0.5, 0.6) is 5.75 Å². The number of benzene rings is 2. The minimum absolute atomic E-state index is 0.260. The maximum Gasteiger partial charge on any atom is 0.255 e. The zero-order valence-corrected chi connectivity index (χ0v) is 15.0. The van der Waals surface area contributed by atoms with Crippen LogP contribution >= 0.6 is 0 Å². The molecule has 7 heteroatoms. The minimum Gasteiger partial charge on any atom is -0.495 e. The minimum atomic E-state index is -3.31. The first-order valence-corrected chi connectivity index (χ1v) is 9.80. The van der Waals surface area contributed by atoms with E-state index in [4.69, 9.17) is 4.74 Å². The molecule has 2 aromatic rings. The lowest BCUT2D eigenvalue weighted by atomic mass is 10.0. The van der Waals surface area contributed by atoms with Crippen molar-refractivity contribution in [2.75, 3.05) is 29.5 Å². The molecule has 0 saturated carbocycles. The third-order valence-electron chi connectivity index (χ3n) is 4.17. The number of methoxy groups -OCH3 is 1. The van der Waals surface area contributed by atoms with E-state index in [1.807, 2.05) is 12.1 Å². The fourth-order valence-corrected chi connectivity index (χ4v) is 3.99. The van der Waals surface area contributed by atoms with E-state index in [9.17, 15) is 13.2 Å². The Morgan fingerprint density at radius 2 is 1.96 bits per heavy atom. The van der Waals surface area contributed by atoms with Gasteiger partial charge in [-0.25, -0.2) is 8.42 Å². The summed E-state index contributed by atoms with van der Waals surface area (Å²) in [5.74, 6) is 0.320. The number of hydrogen-bond acceptors (Lipinski definition) is 4. The molecule has 0 atom stereocenters. The molecule has 25 heavy (non-hydrogen) atoms. The van der Waals surface area contributed by atoms with Gasteiger partial charge in [-0.3, -0.25) is 9.10 Å². The van der Waals surface area contributed by atoms with Crippen molar-refractivity contribution in [1.82, 2.24) is 0 Å². The van der Waals surface area contributed by atoms with Gasteiger partial charge in [0.15, 0.2) is 0 Å². The number of fused-ring (bicyclic) bond motifs is 1. The molecule has 3 rings (SSSR count). The Morgan fingerprint density at radius 3 is 2.68 bits per heavy atom. The molecule has 0 spiro atoms. The lowest BCUT2D eigenvalue weighted by molar-refractivity contribution is 0.102. The quantitative estimate of drug-likeness (QED) is 0.909. The van der Waals surface area contributed by atoms with E-state index in [-0.39, 0.29) is 5.91 Å². The van der Waals surface area contributed by atoms with Crippen molar-refractivity contribution in [1.29, 1.82) is 0 Å². The van der Waals surface area contributed by atoms with Crippen LogP contribution in [0.25, 0.3) is 0 Å². The summed E-state index contributed by atoms with van der Waals surface area (Å²) in [6.07, 6.45) is 2.68. The molecule has 2 aromatic carbocycles. The molecule has 0 aliphatic carbocycles. The number of aryl methyl sites for hydroxylation is 1.